The summed E-state index contributed by atoms with van der Waals surface area (Å²) in [5, 5.41) is 0. The van der Waals surface area contributed by atoms with Gasteiger partial charge in [-0.25, -0.2) is 4.39 Å². The molecule has 0 bridgehead atoms. The van der Waals surface area contributed by atoms with E-state index in [1.54, 1.807) is 18.2 Å². The van der Waals surface area contributed by atoms with Crippen LogP contribution in [-0.4, -0.2) is 6.29 Å². The van der Waals surface area contributed by atoms with E-state index in [0.29, 0.717) is 26.0 Å². The molecule has 0 aliphatic heterocycles. The maximum Gasteiger partial charge on any atom is 0.151 e. The minimum absolute atomic E-state index is 0.341. The average Bonchev–Trinajstić information content (AvgIpc) is 2.33. The lowest BCUT2D eigenvalue weighted by molar-refractivity contribution is 0.112. The average molecular weight is 374 g/mol. The predicted octanol–water partition coefficient (Wildman–Crippen LogP) is 4.96. The van der Waals surface area contributed by atoms with Gasteiger partial charge in [0.05, 0.1) is 4.47 Å². The number of benzene rings is 2. The molecule has 0 atom stereocenters. The zero-order chi connectivity index (χ0) is 13.1. The Labute approximate surface area is 120 Å². The Morgan fingerprint density at radius 1 is 1.06 bits per heavy atom. The highest BCUT2D eigenvalue weighted by Gasteiger charge is 2.06. The topological polar surface area (TPSA) is 26.3 Å². The first-order valence-corrected chi connectivity index (χ1v) is 6.56. The monoisotopic (exact) mass is 372 g/mol. The molecular weight excluding hydrogens is 367 g/mol. The molecule has 5 heteroatoms. The van der Waals surface area contributed by atoms with Gasteiger partial charge in [-0.2, -0.15) is 0 Å². The van der Waals surface area contributed by atoms with Crippen LogP contribution in [0.3, 0.4) is 0 Å². The second-order valence-corrected chi connectivity index (χ2v) is 5.19. The van der Waals surface area contributed by atoms with Crippen molar-refractivity contribution in [2.75, 3.05) is 0 Å². The molecule has 2 aromatic carbocycles. The molecule has 0 aromatic heterocycles. The third-order valence-corrected chi connectivity index (χ3v) is 3.53. The molecule has 0 heterocycles. The van der Waals surface area contributed by atoms with Crippen molar-refractivity contribution in [3.63, 3.8) is 0 Å². The lowest BCUT2D eigenvalue weighted by atomic mass is 10.2. The first-order valence-electron chi connectivity index (χ1n) is 4.98. The number of hydrogen-bond donors (Lipinski definition) is 0. The highest BCUT2D eigenvalue weighted by Crippen LogP contribution is 2.31. The number of rotatable bonds is 3. The largest absolute Gasteiger partial charge is 0.456 e. The summed E-state index contributed by atoms with van der Waals surface area (Å²) < 4.78 is 19.7. The van der Waals surface area contributed by atoms with Gasteiger partial charge in [0.25, 0.3) is 0 Å². The van der Waals surface area contributed by atoms with E-state index >= 15 is 0 Å². The summed E-state index contributed by atoms with van der Waals surface area (Å²) in [5.74, 6) is 0.716. The summed E-state index contributed by atoms with van der Waals surface area (Å²) >= 11 is 6.49. The summed E-state index contributed by atoms with van der Waals surface area (Å²) in [6, 6.07) is 9.16. The number of carbonyl (C=O) groups is 1. The second-order valence-electron chi connectivity index (χ2n) is 3.48. The van der Waals surface area contributed by atoms with E-state index in [4.69, 9.17) is 4.74 Å². The maximum atomic E-state index is 12.9. The fourth-order valence-electron chi connectivity index (χ4n) is 1.35. The smallest absolute Gasteiger partial charge is 0.151 e. The van der Waals surface area contributed by atoms with Gasteiger partial charge in [-0.3, -0.25) is 4.79 Å². The van der Waals surface area contributed by atoms with Crippen molar-refractivity contribution < 1.29 is 13.9 Å². The zero-order valence-corrected chi connectivity index (χ0v) is 12.2. The molecule has 2 nitrogen and oxygen atoms in total. The van der Waals surface area contributed by atoms with Gasteiger partial charge in [-0.15, -0.1) is 0 Å². The van der Waals surface area contributed by atoms with Crippen LogP contribution in [-0.2, 0) is 0 Å². The van der Waals surface area contributed by atoms with Gasteiger partial charge in [-0.1, -0.05) is 0 Å². The third kappa shape index (κ3) is 2.97. The third-order valence-electron chi connectivity index (χ3n) is 2.22. The molecule has 0 amide bonds. The van der Waals surface area contributed by atoms with E-state index in [1.165, 1.54) is 18.2 Å². The van der Waals surface area contributed by atoms with Gasteiger partial charge in [0.15, 0.2) is 6.29 Å². The minimum Gasteiger partial charge on any atom is -0.456 e. The minimum atomic E-state index is -0.341. The fraction of sp³-hybridized carbons (Fsp3) is 0. The molecule has 0 saturated heterocycles. The van der Waals surface area contributed by atoms with Gasteiger partial charge in [0.1, 0.15) is 17.3 Å². The van der Waals surface area contributed by atoms with Crippen molar-refractivity contribution >= 4 is 38.1 Å². The van der Waals surface area contributed by atoms with Crippen LogP contribution in [0, 0.1) is 5.82 Å². The van der Waals surface area contributed by atoms with E-state index in [2.05, 4.69) is 31.9 Å². The Morgan fingerprint density at radius 3 is 2.44 bits per heavy atom. The van der Waals surface area contributed by atoms with E-state index in [1.807, 2.05) is 0 Å². The molecule has 0 aliphatic rings. The molecule has 18 heavy (non-hydrogen) atoms. The van der Waals surface area contributed by atoms with E-state index in [0.717, 1.165) is 6.29 Å². The first-order chi connectivity index (χ1) is 8.60. The van der Waals surface area contributed by atoms with Crippen LogP contribution in [0.25, 0.3) is 0 Å². The normalized spacial score (nSPS) is 10.2. The number of halogens is 3. The molecule has 92 valence electrons. The summed E-state index contributed by atoms with van der Waals surface area (Å²) in [6.45, 7) is 0. The van der Waals surface area contributed by atoms with Gasteiger partial charge in [0, 0.05) is 10.0 Å². The van der Waals surface area contributed by atoms with E-state index < -0.39 is 0 Å². The number of carbonyl (C=O) groups excluding carboxylic acids is 1. The molecule has 0 fully saturated rings. The van der Waals surface area contributed by atoms with Crippen molar-refractivity contribution in [3.8, 4) is 11.5 Å². The molecule has 0 aliphatic carbocycles. The number of ether oxygens (including phenoxy) is 1. The van der Waals surface area contributed by atoms with Crippen molar-refractivity contribution in [2.45, 2.75) is 0 Å². The Morgan fingerprint density at radius 2 is 1.83 bits per heavy atom. The number of hydrogen-bond acceptors (Lipinski definition) is 2. The Bertz CT molecular complexity index is 600. The van der Waals surface area contributed by atoms with E-state index in [-0.39, 0.29) is 5.82 Å². The lowest BCUT2D eigenvalue weighted by Crippen LogP contribution is -1.88. The van der Waals surface area contributed by atoms with Crippen LogP contribution in [0.1, 0.15) is 10.4 Å². The van der Waals surface area contributed by atoms with Crippen LogP contribution >= 0.6 is 31.9 Å². The van der Waals surface area contributed by atoms with Gasteiger partial charge in [0.2, 0.25) is 0 Å². The number of aldehydes is 1. The summed E-state index contributed by atoms with van der Waals surface area (Å²) in [7, 11) is 0. The van der Waals surface area contributed by atoms with Crippen molar-refractivity contribution in [2.24, 2.45) is 0 Å². The van der Waals surface area contributed by atoms with Crippen LogP contribution < -0.4 is 4.74 Å². The molecule has 2 rings (SSSR count). The molecular formula is C13H7Br2FO2. The molecule has 2 aromatic rings. The van der Waals surface area contributed by atoms with Gasteiger partial charge in [-0.05, 0) is 68.3 Å². The summed E-state index contributed by atoms with van der Waals surface area (Å²) in [5.41, 5.74) is 0.542. The van der Waals surface area contributed by atoms with Crippen molar-refractivity contribution in [1.29, 1.82) is 0 Å². The van der Waals surface area contributed by atoms with Crippen LogP contribution in [0.15, 0.2) is 45.3 Å². The molecule has 0 radical (unpaired) electrons. The standard InChI is InChI=1S/C13H7Br2FO2/c14-11-6-10(3-1-8(11)7-17)18-13-4-2-9(16)5-12(13)15/h1-7H. The van der Waals surface area contributed by atoms with Crippen LogP contribution in [0.2, 0.25) is 0 Å². The van der Waals surface area contributed by atoms with E-state index in [9.17, 15) is 9.18 Å². The fourth-order valence-corrected chi connectivity index (χ4v) is 2.23. The van der Waals surface area contributed by atoms with Crippen LogP contribution in [0.5, 0.6) is 11.5 Å². The molecule has 0 saturated carbocycles. The molecule has 0 unspecified atom stereocenters. The van der Waals surface area contributed by atoms with Crippen molar-refractivity contribution in [3.05, 3.63) is 56.7 Å². The second kappa shape index (κ2) is 5.63. The highest BCUT2D eigenvalue weighted by molar-refractivity contribution is 9.10. The Kier molecular flexibility index (Phi) is 4.14. The quantitative estimate of drug-likeness (QED) is 0.711. The lowest BCUT2D eigenvalue weighted by Gasteiger charge is -2.08. The Hall–Kier alpha value is -1.20. The highest BCUT2D eigenvalue weighted by atomic mass is 79.9. The van der Waals surface area contributed by atoms with Gasteiger partial charge >= 0.3 is 0 Å². The zero-order valence-electron chi connectivity index (χ0n) is 8.99. The molecule has 0 spiro atoms. The summed E-state index contributed by atoms with van der Waals surface area (Å²) in [4.78, 5) is 10.7. The van der Waals surface area contributed by atoms with Crippen molar-refractivity contribution in [1.82, 2.24) is 0 Å². The maximum absolute atomic E-state index is 12.9. The summed E-state index contributed by atoms with van der Waals surface area (Å²) in [6.07, 6.45) is 0.752. The van der Waals surface area contributed by atoms with Gasteiger partial charge < -0.3 is 4.74 Å². The Balaban J connectivity index is 2.28. The predicted molar refractivity (Wildman–Crippen MR) is 73.7 cm³/mol. The first kappa shape index (κ1) is 13.2. The SMILES string of the molecule is O=Cc1ccc(Oc2ccc(F)cc2Br)cc1Br. The molecule has 0 N–H and O–H groups in total. The van der Waals surface area contributed by atoms with Crippen LogP contribution in [0.4, 0.5) is 4.39 Å².